The summed E-state index contributed by atoms with van der Waals surface area (Å²) in [6, 6.07) is 5.11. The molecule has 0 spiro atoms. The van der Waals surface area contributed by atoms with Crippen molar-refractivity contribution in [1.82, 2.24) is 19.2 Å². The van der Waals surface area contributed by atoms with Crippen molar-refractivity contribution in [3.63, 3.8) is 0 Å². The highest BCUT2D eigenvalue weighted by atomic mass is 32.2. The summed E-state index contributed by atoms with van der Waals surface area (Å²) in [5, 5.41) is 3.56. The van der Waals surface area contributed by atoms with E-state index in [1.54, 1.807) is 12.1 Å². The van der Waals surface area contributed by atoms with E-state index in [0.29, 0.717) is 25.2 Å². The Kier molecular flexibility index (Phi) is 6.67. The quantitative estimate of drug-likeness (QED) is 0.739. The van der Waals surface area contributed by atoms with Crippen LogP contribution in [-0.2, 0) is 21.4 Å². The summed E-state index contributed by atoms with van der Waals surface area (Å²) < 4.78 is 29.1. The summed E-state index contributed by atoms with van der Waals surface area (Å²) in [6.07, 6.45) is 2.83. The molecule has 0 saturated carbocycles. The first kappa shape index (κ1) is 21.1. The van der Waals surface area contributed by atoms with E-state index in [-0.39, 0.29) is 16.1 Å². The lowest BCUT2D eigenvalue weighted by atomic mass is 10.2. The smallest absolute Gasteiger partial charge is 0.243 e. The average molecular weight is 425 g/mol. The number of thioether (sulfide) groups is 1. The monoisotopic (exact) mass is 424 g/mol. The molecule has 28 heavy (non-hydrogen) atoms. The molecule has 1 saturated heterocycles. The zero-order valence-electron chi connectivity index (χ0n) is 16.6. The van der Waals surface area contributed by atoms with Crippen LogP contribution in [0.4, 0.5) is 0 Å². The van der Waals surface area contributed by atoms with E-state index in [1.165, 1.54) is 16.1 Å². The fraction of sp³-hybridized carbons (Fsp3) is 0.579. The summed E-state index contributed by atoms with van der Waals surface area (Å²) in [5.74, 6) is 0.0574. The van der Waals surface area contributed by atoms with Gasteiger partial charge in [0.05, 0.1) is 21.2 Å². The Morgan fingerprint density at radius 1 is 1.25 bits per heavy atom. The number of hydrogen-bond acceptors (Lipinski definition) is 5. The van der Waals surface area contributed by atoms with Gasteiger partial charge in [-0.2, -0.15) is 4.31 Å². The van der Waals surface area contributed by atoms with Crippen LogP contribution in [0.2, 0.25) is 0 Å². The molecule has 1 fully saturated rings. The summed E-state index contributed by atoms with van der Waals surface area (Å²) in [4.78, 5) is 17.3. The van der Waals surface area contributed by atoms with E-state index < -0.39 is 10.0 Å². The van der Waals surface area contributed by atoms with Crippen molar-refractivity contribution in [2.75, 3.05) is 19.6 Å². The van der Waals surface area contributed by atoms with Gasteiger partial charge < -0.3 is 9.88 Å². The first-order valence-electron chi connectivity index (χ1n) is 9.87. The van der Waals surface area contributed by atoms with Gasteiger partial charge in [-0.1, -0.05) is 32.0 Å². The van der Waals surface area contributed by atoms with Gasteiger partial charge in [-0.05, 0) is 38.0 Å². The molecule has 1 aromatic carbocycles. The number of hydrogen-bond donors (Lipinski definition) is 1. The van der Waals surface area contributed by atoms with Crippen LogP contribution in [0.15, 0.2) is 28.3 Å². The van der Waals surface area contributed by atoms with Crippen molar-refractivity contribution >= 4 is 38.7 Å². The van der Waals surface area contributed by atoms with Gasteiger partial charge in [0.25, 0.3) is 0 Å². The summed E-state index contributed by atoms with van der Waals surface area (Å²) in [7, 11) is -3.53. The Bertz CT molecular complexity index is 951. The molecule has 1 aliphatic rings. The van der Waals surface area contributed by atoms with E-state index >= 15 is 0 Å². The van der Waals surface area contributed by atoms with Crippen LogP contribution in [-0.4, -0.2) is 53.1 Å². The number of sulfonamides is 1. The van der Waals surface area contributed by atoms with Crippen LogP contribution >= 0.6 is 11.8 Å². The molecule has 1 amide bonds. The Morgan fingerprint density at radius 2 is 2.00 bits per heavy atom. The van der Waals surface area contributed by atoms with Gasteiger partial charge in [0, 0.05) is 26.2 Å². The van der Waals surface area contributed by atoms with Gasteiger partial charge in [0.2, 0.25) is 15.9 Å². The van der Waals surface area contributed by atoms with Gasteiger partial charge in [0.15, 0.2) is 5.16 Å². The van der Waals surface area contributed by atoms with Crippen molar-refractivity contribution in [2.45, 2.75) is 61.9 Å². The molecule has 0 radical (unpaired) electrons. The number of carbonyl (C=O) groups is 1. The van der Waals surface area contributed by atoms with Crippen LogP contribution in [0, 0.1) is 0 Å². The number of nitrogens with zero attached hydrogens (tertiary/aromatic N) is 3. The van der Waals surface area contributed by atoms with Crippen LogP contribution < -0.4 is 5.32 Å². The maximum atomic E-state index is 12.8. The Hall–Kier alpha value is -1.58. The van der Waals surface area contributed by atoms with Crippen molar-refractivity contribution < 1.29 is 13.2 Å². The minimum Gasteiger partial charge on any atom is -0.355 e. The van der Waals surface area contributed by atoms with Crippen molar-refractivity contribution in [3.8, 4) is 0 Å². The molecule has 0 bridgehead atoms. The fourth-order valence-corrected chi connectivity index (χ4v) is 6.22. The number of nitrogens with one attached hydrogen (secondary N) is 1. The van der Waals surface area contributed by atoms with Crippen molar-refractivity contribution in [2.24, 2.45) is 0 Å². The maximum absolute atomic E-state index is 12.8. The second-order valence-corrected chi connectivity index (χ2v) is 9.88. The van der Waals surface area contributed by atoms with Crippen molar-refractivity contribution in [3.05, 3.63) is 18.2 Å². The number of fused-ring (bicyclic) bond motifs is 1. The third kappa shape index (κ3) is 4.06. The molecule has 0 aliphatic carbocycles. The lowest BCUT2D eigenvalue weighted by Crippen LogP contribution is -2.30. The first-order valence-corrected chi connectivity index (χ1v) is 12.2. The zero-order valence-corrected chi connectivity index (χ0v) is 18.3. The second kappa shape index (κ2) is 8.84. The SMILES string of the molecule is CCN(CC)S(=O)(=O)c1ccc2c(c1)nc(S[C@@H]1CCCCNC1=O)n2CC. The number of aryl methyl sites for hydroxylation is 1. The number of aromatic nitrogens is 2. The van der Waals surface area contributed by atoms with E-state index in [4.69, 9.17) is 4.98 Å². The number of rotatable bonds is 7. The van der Waals surface area contributed by atoms with Crippen LogP contribution in [0.25, 0.3) is 11.0 Å². The molecular weight excluding hydrogens is 396 g/mol. The van der Waals surface area contributed by atoms with Crippen molar-refractivity contribution in [1.29, 1.82) is 0 Å². The molecule has 1 atom stereocenters. The topological polar surface area (TPSA) is 84.3 Å². The lowest BCUT2D eigenvalue weighted by Gasteiger charge is -2.18. The highest BCUT2D eigenvalue weighted by Crippen LogP contribution is 2.31. The van der Waals surface area contributed by atoms with Gasteiger partial charge >= 0.3 is 0 Å². The molecule has 1 aromatic heterocycles. The number of carbonyl (C=O) groups excluding carboxylic acids is 1. The van der Waals surface area contributed by atoms with Gasteiger partial charge in [-0.25, -0.2) is 13.4 Å². The average Bonchev–Trinajstić information content (AvgIpc) is 2.90. The van der Waals surface area contributed by atoms with Crippen LogP contribution in [0.1, 0.15) is 40.0 Å². The number of imidazole rings is 1. The van der Waals surface area contributed by atoms with E-state index in [9.17, 15) is 13.2 Å². The Balaban J connectivity index is 1.98. The Labute approximate surface area is 170 Å². The van der Waals surface area contributed by atoms with Crippen LogP contribution in [0.3, 0.4) is 0 Å². The number of amides is 1. The molecule has 7 nitrogen and oxygen atoms in total. The summed E-state index contributed by atoms with van der Waals surface area (Å²) in [6.45, 7) is 7.98. The summed E-state index contributed by atoms with van der Waals surface area (Å²) in [5.41, 5.74) is 1.53. The van der Waals surface area contributed by atoms with Gasteiger partial charge in [-0.3, -0.25) is 4.79 Å². The highest BCUT2D eigenvalue weighted by Gasteiger charge is 2.26. The number of benzene rings is 1. The van der Waals surface area contributed by atoms with Gasteiger partial charge in [0.1, 0.15) is 0 Å². The van der Waals surface area contributed by atoms with E-state index in [2.05, 4.69) is 5.32 Å². The minimum absolute atomic E-state index is 0.0574. The maximum Gasteiger partial charge on any atom is 0.243 e. The molecule has 1 aliphatic heterocycles. The third-order valence-corrected chi connectivity index (χ3v) is 8.38. The standard InChI is InChI=1S/C19H28N4O3S2/c1-4-22(5-2)28(25,26)14-10-11-16-15(13-14)21-19(23(16)6-3)27-17-9-7-8-12-20-18(17)24/h10-11,13,17H,4-9,12H2,1-3H3,(H,20,24)/t17-/m1/s1. The third-order valence-electron chi connectivity index (χ3n) is 5.08. The second-order valence-electron chi connectivity index (χ2n) is 6.77. The normalized spacial score (nSPS) is 18.4. The van der Waals surface area contributed by atoms with E-state index in [1.807, 2.05) is 31.4 Å². The summed E-state index contributed by atoms with van der Waals surface area (Å²) >= 11 is 1.47. The van der Waals surface area contributed by atoms with Crippen LogP contribution in [0.5, 0.6) is 0 Å². The fourth-order valence-electron chi connectivity index (χ4n) is 3.51. The zero-order chi connectivity index (χ0) is 20.3. The minimum atomic E-state index is -3.53. The highest BCUT2D eigenvalue weighted by molar-refractivity contribution is 8.00. The van der Waals surface area contributed by atoms with E-state index in [0.717, 1.165) is 36.5 Å². The lowest BCUT2D eigenvalue weighted by molar-refractivity contribution is -0.120. The largest absolute Gasteiger partial charge is 0.355 e. The molecule has 0 unspecified atom stereocenters. The molecule has 3 rings (SSSR count). The molecule has 1 N–H and O–H groups in total. The molecule has 2 heterocycles. The molecule has 154 valence electrons. The molecule has 9 heteroatoms. The Morgan fingerprint density at radius 3 is 2.68 bits per heavy atom. The predicted octanol–water partition coefficient (Wildman–Crippen LogP) is 2.85. The molecular formula is C19H28N4O3S2. The van der Waals surface area contributed by atoms with Gasteiger partial charge in [-0.15, -0.1) is 0 Å². The predicted molar refractivity (Wildman–Crippen MR) is 112 cm³/mol. The molecule has 2 aromatic rings. The first-order chi connectivity index (χ1) is 13.4.